The van der Waals surface area contributed by atoms with Crippen molar-refractivity contribution < 1.29 is 28.8 Å². The number of nitrogens with zero attached hydrogens (tertiary/aromatic N) is 3. The summed E-state index contributed by atoms with van der Waals surface area (Å²) in [5.41, 5.74) is -0.686. The van der Waals surface area contributed by atoms with E-state index in [0.717, 1.165) is 44.9 Å². The average Bonchev–Trinajstić information content (AvgIpc) is 3.73. The van der Waals surface area contributed by atoms with E-state index in [9.17, 15) is 28.8 Å². The van der Waals surface area contributed by atoms with Gasteiger partial charge in [-0.25, -0.2) is 4.98 Å². The summed E-state index contributed by atoms with van der Waals surface area (Å²) in [4.78, 5) is 92.1. The van der Waals surface area contributed by atoms with Gasteiger partial charge in [-0.2, -0.15) is 0 Å². The summed E-state index contributed by atoms with van der Waals surface area (Å²) in [5, 5.41) is 11.5. The van der Waals surface area contributed by atoms with Crippen LogP contribution in [0.5, 0.6) is 0 Å². The van der Waals surface area contributed by atoms with Crippen LogP contribution in [0.15, 0.2) is 18.6 Å². The maximum absolute atomic E-state index is 14.6. The summed E-state index contributed by atoms with van der Waals surface area (Å²) in [5.74, 6) is -3.20. The second-order valence-electron chi connectivity index (χ2n) is 16.4. The number of rotatable bonds is 15. The Morgan fingerprint density at radius 1 is 0.885 bits per heavy atom. The summed E-state index contributed by atoms with van der Waals surface area (Å²) in [6, 6.07) is -3.97. The first kappa shape index (κ1) is 40.9. The average molecular weight is 724 g/mol. The van der Waals surface area contributed by atoms with Crippen LogP contribution in [0.1, 0.15) is 130 Å². The molecule has 2 saturated carbocycles. The molecule has 8 atom stereocenters. The van der Waals surface area contributed by atoms with Crippen molar-refractivity contribution >= 4 is 35.3 Å². The molecule has 1 aromatic rings. The van der Waals surface area contributed by atoms with E-state index < -0.39 is 64.9 Å². The van der Waals surface area contributed by atoms with Gasteiger partial charge in [-0.15, -0.1) is 0 Å². The van der Waals surface area contributed by atoms with Crippen LogP contribution in [0, 0.1) is 29.1 Å². The van der Waals surface area contributed by atoms with Gasteiger partial charge >= 0.3 is 0 Å². The molecule has 1 unspecified atom stereocenters. The van der Waals surface area contributed by atoms with Gasteiger partial charge in [0.15, 0.2) is 0 Å². The van der Waals surface area contributed by atoms with Gasteiger partial charge in [-0.3, -0.25) is 33.8 Å². The minimum atomic E-state index is -1.02. The van der Waals surface area contributed by atoms with Crippen molar-refractivity contribution in [2.45, 2.75) is 149 Å². The first-order chi connectivity index (χ1) is 24.7. The van der Waals surface area contributed by atoms with E-state index >= 15 is 0 Å². The second kappa shape index (κ2) is 18.2. The lowest BCUT2D eigenvalue weighted by Crippen LogP contribution is -2.62. The highest BCUT2D eigenvalue weighted by Crippen LogP contribution is 2.43. The van der Waals surface area contributed by atoms with Crippen molar-refractivity contribution in [1.29, 1.82) is 0 Å². The zero-order valence-electron chi connectivity index (χ0n) is 32.2. The zero-order chi connectivity index (χ0) is 38.2. The third-order valence-corrected chi connectivity index (χ3v) is 11.6. The predicted octanol–water partition coefficient (Wildman–Crippen LogP) is 3.72. The Balaban J connectivity index is 1.52. The van der Waals surface area contributed by atoms with Gasteiger partial charge in [0.25, 0.3) is 11.8 Å². The van der Waals surface area contributed by atoms with E-state index in [1.54, 1.807) is 4.90 Å². The fraction of sp³-hybridized carbons (Fsp3) is 0.744. The van der Waals surface area contributed by atoms with Gasteiger partial charge in [0.1, 0.15) is 23.8 Å². The molecule has 1 aliphatic heterocycles. The largest absolute Gasteiger partial charge is 0.347 e. The lowest BCUT2D eigenvalue weighted by atomic mass is 9.84. The Kier molecular flexibility index (Phi) is 14.3. The van der Waals surface area contributed by atoms with E-state index in [2.05, 4.69) is 31.2 Å². The minimum Gasteiger partial charge on any atom is -0.347 e. The normalized spacial score (nSPS) is 23.4. The molecule has 2 aliphatic carbocycles. The first-order valence-electron chi connectivity index (χ1n) is 19.5. The van der Waals surface area contributed by atoms with Crippen molar-refractivity contribution in [1.82, 2.24) is 36.1 Å². The van der Waals surface area contributed by atoms with Gasteiger partial charge in [-0.05, 0) is 68.1 Å². The molecular formula is C39H61N7O6. The number of carbonyl (C=O) groups excluding carboxylic acids is 6. The molecule has 1 aromatic heterocycles. The Hall–Kier alpha value is -3.90. The molecule has 0 radical (unpaired) electrons. The molecule has 52 heavy (non-hydrogen) atoms. The molecule has 4 N–H and O–H groups in total. The molecule has 13 heteroatoms. The number of nitrogens with one attached hydrogen (secondary N) is 4. The van der Waals surface area contributed by atoms with Crippen molar-refractivity contribution in [2.75, 3.05) is 6.54 Å². The van der Waals surface area contributed by atoms with Gasteiger partial charge < -0.3 is 26.2 Å². The fourth-order valence-electron chi connectivity index (χ4n) is 8.25. The Labute approximate surface area is 309 Å². The molecule has 0 aromatic carbocycles. The Morgan fingerprint density at radius 2 is 1.60 bits per heavy atom. The zero-order valence-corrected chi connectivity index (χ0v) is 32.2. The molecule has 4 rings (SSSR count). The topological polar surface area (TPSA) is 180 Å². The van der Waals surface area contributed by atoms with Crippen molar-refractivity contribution in [3.63, 3.8) is 0 Å². The molecule has 13 nitrogen and oxygen atoms in total. The highest BCUT2D eigenvalue weighted by Gasteiger charge is 2.52. The molecule has 288 valence electrons. The van der Waals surface area contributed by atoms with Crippen LogP contribution in [0.25, 0.3) is 0 Å². The molecule has 2 heterocycles. The third kappa shape index (κ3) is 9.95. The fourth-order valence-corrected chi connectivity index (χ4v) is 8.25. The number of aromatic nitrogens is 2. The summed E-state index contributed by atoms with van der Waals surface area (Å²) in [6.45, 7) is 13.5. The van der Waals surface area contributed by atoms with E-state index in [1.807, 2.05) is 48.5 Å². The van der Waals surface area contributed by atoms with Crippen molar-refractivity contribution in [3.8, 4) is 0 Å². The predicted molar refractivity (Wildman–Crippen MR) is 196 cm³/mol. The number of amides is 5. The summed E-state index contributed by atoms with van der Waals surface area (Å²) in [7, 11) is 0. The number of likely N-dealkylation sites (tertiary alicyclic amines) is 1. The van der Waals surface area contributed by atoms with Gasteiger partial charge in [0, 0.05) is 25.0 Å². The number of hydrogen-bond acceptors (Lipinski definition) is 8. The molecule has 3 aliphatic rings. The van der Waals surface area contributed by atoms with E-state index in [0.29, 0.717) is 31.7 Å². The van der Waals surface area contributed by atoms with Crippen LogP contribution in [0.2, 0.25) is 0 Å². The van der Waals surface area contributed by atoms with Gasteiger partial charge in [0.2, 0.25) is 23.5 Å². The monoisotopic (exact) mass is 723 g/mol. The second-order valence-corrected chi connectivity index (χ2v) is 16.4. The van der Waals surface area contributed by atoms with Crippen LogP contribution in [-0.2, 0) is 24.0 Å². The number of fused-ring (bicyclic) bond motifs is 1. The van der Waals surface area contributed by atoms with Gasteiger partial charge in [-0.1, -0.05) is 80.1 Å². The molecular weight excluding hydrogens is 662 g/mol. The van der Waals surface area contributed by atoms with Gasteiger partial charge in [0.05, 0.1) is 12.2 Å². The Bertz CT molecular complexity index is 1430. The summed E-state index contributed by atoms with van der Waals surface area (Å²) >= 11 is 0. The highest BCUT2D eigenvalue weighted by atomic mass is 16.2. The van der Waals surface area contributed by atoms with E-state index in [1.165, 1.54) is 25.0 Å². The van der Waals surface area contributed by atoms with Crippen LogP contribution < -0.4 is 21.3 Å². The van der Waals surface area contributed by atoms with Crippen LogP contribution in [0.3, 0.4) is 0 Å². The van der Waals surface area contributed by atoms with Crippen LogP contribution in [0.4, 0.5) is 0 Å². The SMILES string of the molecule is CCC[C@H](NC(=O)[C@@H]1[C@H]2CCC[C@H]2CN1C(=O)[C@@H](NC(=O)[C@@H](NC(=O)c1cnccn1)C(C)CC)C(C)(C)C)C(=O)C(=O)N[C@@H](C)C1CCCCC1. The standard InChI is InChI=1S/C39H61N7O6/c1-8-14-28(32(47)37(51)42-24(4)25-15-11-10-12-16-25)43-36(50)31-27-18-13-17-26(27)22-46(31)38(52)33(39(5,6)7)45-35(49)30(23(3)9-2)44-34(48)29-21-40-19-20-41-29/h19-21,23-28,30-31,33H,8-18,22H2,1-7H3,(H,42,51)(H,43,50)(H,44,48)(H,45,49)/t23?,24-,26-,27-,28-,30-,31-,33+/m0/s1. The molecule has 1 saturated heterocycles. The lowest BCUT2D eigenvalue weighted by Gasteiger charge is -2.37. The molecule has 5 amide bonds. The maximum Gasteiger partial charge on any atom is 0.289 e. The first-order valence-corrected chi connectivity index (χ1v) is 19.5. The molecule has 3 fully saturated rings. The summed E-state index contributed by atoms with van der Waals surface area (Å²) < 4.78 is 0. The highest BCUT2D eigenvalue weighted by molar-refractivity contribution is 6.38. The quantitative estimate of drug-likeness (QED) is 0.198. The van der Waals surface area contributed by atoms with E-state index in [-0.39, 0.29) is 29.5 Å². The Morgan fingerprint density at radius 3 is 2.21 bits per heavy atom. The third-order valence-electron chi connectivity index (χ3n) is 11.6. The maximum atomic E-state index is 14.6. The smallest absolute Gasteiger partial charge is 0.289 e. The molecule has 0 bridgehead atoms. The minimum absolute atomic E-state index is 0.0700. The number of Topliss-reactive ketones (excluding diaryl/α,β-unsaturated/α-hetero) is 1. The number of ketones is 1. The van der Waals surface area contributed by atoms with Crippen LogP contribution in [-0.4, -0.2) is 86.9 Å². The summed E-state index contributed by atoms with van der Waals surface area (Å²) in [6.07, 6.45) is 13.6. The van der Waals surface area contributed by atoms with Crippen LogP contribution >= 0.6 is 0 Å². The number of hydrogen-bond donors (Lipinski definition) is 4. The number of carbonyl (C=O) groups is 6. The lowest BCUT2D eigenvalue weighted by molar-refractivity contribution is -0.146. The van der Waals surface area contributed by atoms with Crippen molar-refractivity contribution in [3.05, 3.63) is 24.3 Å². The molecule has 0 spiro atoms. The van der Waals surface area contributed by atoms with E-state index in [4.69, 9.17) is 0 Å². The van der Waals surface area contributed by atoms with Crippen molar-refractivity contribution in [2.24, 2.45) is 29.1 Å².